The van der Waals surface area contributed by atoms with E-state index in [1.165, 1.54) is 0 Å². The van der Waals surface area contributed by atoms with E-state index >= 15 is 0 Å². The minimum Gasteiger partial charge on any atom is -0.270 e. The Morgan fingerprint density at radius 3 is 2.29 bits per heavy atom. The summed E-state index contributed by atoms with van der Waals surface area (Å²) in [6.07, 6.45) is 4.79. The Hall–Kier alpha value is 0.0269. The van der Waals surface area contributed by atoms with Crippen molar-refractivity contribution in [1.29, 1.82) is 0 Å². The third-order valence-corrected chi connectivity index (χ3v) is 12.0. The summed E-state index contributed by atoms with van der Waals surface area (Å²) in [5.41, 5.74) is 0. The molecule has 0 unspecified atom stereocenters. The smallest absolute Gasteiger partial charge is 0.138 e. The molecular weight excluding hydrogens is 248 g/mol. The number of hydrogen-bond donors (Lipinski definition) is 3. The zero-order valence-electron chi connectivity index (χ0n) is 12.0. The second-order valence-corrected chi connectivity index (χ2v) is 14.0. The van der Waals surface area contributed by atoms with Crippen molar-refractivity contribution in [2.75, 3.05) is 5.75 Å². The van der Waals surface area contributed by atoms with Gasteiger partial charge in [0.15, 0.2) is 0 Å². The van der Waals surface area contributed by atoms with Gasteiger partial charge in [0.25, 0.3) is 0 Å². The van der Waals surface area contributed by atoms with Crippen LogP contribution >= 0.6 is 0 Å². The molecule has 17 heavy (non-hydrogen) atoms. The lowest BCUT2D eigenvalue weighted by Gasteiger charge is -2.41. The molecule has 0 aromatic carbocycles. The van der Waals surface area contributed by atoms with Gasteiger partial charge in [0.2, 0.25) is 0 Å². The van der Waals surface area contributed by atoms with E-state index in [0.29, 0.717) is 5.75 Å². The van der Waals surface area contributed by atoms with E-state index in [4.69, 9.17) is 5.14 Å². The molecule has 0 aromatic heterocycles. The van der Waals surface area contributed by atoms with Crippen LogP contribution in [0.2, 0.25) is 18.1 Å². The first-order chi connectivity index (χ1) is 7.52. The maximum atomic E-state index is 12.3. The number of nitrogens with one attached hydrogen (secondary N) is 1. The van der Waals surface area contributed by atoms with Gasteiger partial charge in [-0.1, -0.05) is 39.9 Å². The molecule has 0 aliphatic rings. The normalized spacial score (nSPS) is 14.7. The molecule has 0 heterocycles. The van der Waals surface area contributed by atoms with Gasteiger partial charge in [0.05, 0.1) is 0 Å². The SMILES string of the molecule is C=CCCCC[SH](N)(=O)N[Si](C)(C)C(C)(C)C. The van der Waals surface area contributed by atoms with Gasteiger partial charge < -0.3 is 0 Å². The average molecular weight is 279 g/mol. The fraction of sp³-hybridized carbons (Fsp3) is 0.833. The molecule has 0 saturated carbocycles. The second kappa shape index (κ2) is 6.27. The Bertz CT molecular complexity index is 297. The van der Waals surface area contributed by atoms with E-state index < -0.39 is 18.5 Å². The topological polar surface area (TPSA) is 55.1 Å². The minimum atomic E-state index is -2.67. The highest BCUT2D eigenvalue weighted by atomic mass is 32.3. The van der Waals surface area contributed by atoms with Crippen LogP contribution in [0.15, 0.2) is 12.7 Å². The highest BCUT2D eigenvalue weighted by molar-refractivity contribution is 8.00. The van der Waals surface area contributed by atoms with Gasteiger partial charge in [-0.3, -0.25) is 13.7 Å². The Morgan fingerprint density at radius 1 is 1.35 bits per heavy atom. The molecule has 104 valence electrons. The molecular formula is C12H30N2OSSi. The Balaban J connectivity index is 4.34. The summed E-state index contributed by atoms with van der Waals surface area (Å²) >= 11 is 0. The standard InChI is InChI=1S/C12H30N2OSSi/c1-7-8-9-10-11-16(13,15)14-17(5,6)12(2,3)4/h7,16H,1,8-11H2,2-6H3,(H3,13,14,15). The molecule has 0 radical (unpaired) electrons. The molecule has 0 aliphatic heterocycles. The first-order valence-electron chi connectivity index (χ1n) is 6.30. The summed E-state index contributed by atoms with van der Waals surface area (Å²) in [7, 11) is -4.44. The van der Waals surface area contributed by atoms with Gasteiger partial charge in [0.1, 0.15) is 8.24 Å². The first-order valence-corrected chi connectivity index (χ1v) is 11.3. The quantitative estimate of drug-likeness (QED) is 0.285. The van der Waals surface area contributed by atoms with Crippen LogP contribution in [0.25, 0.3) is 0 Å². The van der Waals surface area contributed by atoms with Crippen LogP contribution in [0.1, 0.15) is 40.0 Å². The van der Waals surface area contributed by atoms with E-state index in [-0.39, 0.29) is 5.04 Å². The van der Waals surface area contributed by atoms with Crippen molar-refractivity contribution in [3.05, 3.63) is 12.7 Å². The van der Waals surface area contributed by atoms with Gasteiger partial charge in [0, 0.05) is 5.75 Å². The number of thiol groups is 1. The molecule has 0 fully saturated rings. The van der Waals surface area contributed by atoms with Gasteiger partial charge >= 0.3 is 0 Å². The molecule has 0 rings (SSSR count). The molecule has 3 nitrogen and oxygen atoms in total. The van der Waals surface area contributed by atoms with E-state index in [2.05, 4.69) is 44.8 Å². The molecule has 3 N–H and O–H groups in total. The lowest BCUT2D eigenvalue weighted by atomic mass is 10.2. The van der Waals surface area contributed by atoms with E-state index in [0.717, 1.165) is 19.3 Å². The van der Waals surface area contributed by atoms with Gasteiger partial charge in [-0.25, -0.2) is 0 Å². The predicted octanol–water partition coefficient (Wildman–Crippen LogP) is 2.74. The van der Waals surface area contributed by atoms with Crippen molar-refractivity contribution in [1.82, 2.24) is 4.39 Å². The summed E-state index contributed by atoms with van der Waals surface area (Å²) in [6.45, 7) is 14.6. The summed E-state index contributed by atoms with van der Waals surface area (Å²) in [5.74, 6) is 0.591. The van der Waals surface area contributed by atoms with Crippen molar-refractivity contribution in [2.45, 2.75) is 58.2 Å². The maximum absolute atomic E-state index is 12.3. The lowest BCUT2D eigenvalue weighted by Crippen LogP contribution is -2.60. The molecule has 0 aliphatic carbocycles. The Labute approximate surface area is 109 Å². The van der Waals surface area contributed by atoms with Crippen molar-refractivity contribution in [3.63, 3.8) is 0 Å². The lowest BCUT2D eigenvalue weighted by molar-refractivity contribution is 0.656. The summed E-state index contributed by atoms with van der Waals surface area (Å²) < 4.78 is 15.6. The van der Waals surface area contributed by atoms with Crippen LogP contribution < -0.4 is 9.53 Å². The third kappa shape index (κ3) is 6.50. The summed E-state index contributed by atoms with van der Waals surface area (Å²) in [4.78, 5) is 0. The summed E-state index contributed by atoms with van der Waals surface area (Å²) in [6, 6.07) is 0. The second-order valence-electron chi connectivity index (χ2n) is 6.29. The summed E-state index contributed by atoms with van der Waals surface area (Å²) in [5, 5.41) is 6.09. The third-order valence-electron chi connectivity index (χ3n) is 3.49. The van der Waals surface area contributed by atoms with Crippen LogP contribution in [0.4, 0.5) is 0 Å². The Kier molecular flexibility index (Phi) is 6.28. The van der Waals surface area contributed by atoms with Crippen LogP contribution in [0.3, 0.4) is 0 Å². The monoisotopic (exact) mass is 278 g/mol. The zero-order chi connectivity index (χ0) is 13.7. The van der Waals surface area contributed by atoms with Crippen molar-refractivity contribution in [2.24, 2.45) is 5.14 Å². The number of allylic oxidation sites excluding steroid dienone is 1. The molecule has 5 heteroatoms. The molecule has 0 bridgehead atoms. The number of unbranched alkanes of at least 4 members (excludes halogenated alkanes) is 2. The number of hydrogen-bond acceptors (Lipinski definition) is 1. The van der Waals surface area contributed by atoms with Crippen LogP contribution in [-0.4, -0.2) is 18.2 Å². The Morgan fingerprint density at radius 2 is 1.88 bits per heavy atom. The van der Waals surface area contributed by atoms with Crippen molar-refractivity contribution >= 4 is 18.5 Å². The zero-order valence-corrected chi connectivity index (χ0v) is 13.9. The molecule has 0 spiro atoms. The van der Waals surface area contributed by atoms with Crippen molar-refractivity contribution in [3.8, 4) is 0 Å². The molecule has 0 amide bonds. The highest BCUT2D eigenvalue weighted by Gasteiger charge is 2.37. The van der Waals surface area contributed by atoms with Gasteiger partial charge in [-0.05, 0) is 34.6 Å². The maximum Gasteiger partial charge on any atom is 0.138 e. The predicted molar refractivity (Wildman–Crippen MR) is 83.0 cm³/mol. The van der Waals surface area contributed by atoms with E-state index in [1.54, 1.807) is 0 Å². The molecule has 0 saturated heterocycles. The fourth-order valence-electron chi connectivity index (χ4n) is 1.33. The van der Waals surface area contributed by atoms with Crippen LogP contribution in [0, 0.1) is 0 Å². The molecule has 0 aromatic rings. The van der Waals surface area contributed by atoms with E-state index in [1.807, 2.05) is 6.08 Å². The van der Waals surface area contributed by atoms with Crippen LogP contribution in [0.5, 0.6) is 0 Å². The average Bonchev–Trinajstić information content (AvgIpc) is 2.09. The van der Waals surface area contributed by atoms with Crippen molar-refractivity contribution < 1.29 is 4.21 Å². The number of rotatable bonds is 7. The fourth-order valence-corrected chi connectivity index (χ4v) is 7.60. The number of nitrogens with two attached hydrogens (primary N) is 1. The largest absolute Gasteiger partial charge is 0.270 e. The molecule has 0 atom stereocenters. The van der Waals surface area contributed by atoms with Gasteiger partial charge in [-0.2, -0.15) is 0 Å². The van der Waals surface area contributed by atoms with E-state index in [9.17, 15) is 4.21 Å². The first kappa shape index (κ1) is 17.0. The van der Waals surface area contributed by atoms with Crippen LogP contribution in [-0.2, 0) is 10.3 Å². The van der Waals surface area contributed by atoms with Gasteiger partial charge in [-0.15, -0.1) is 6.58 Å². The minimum absolute atomic E-state index is 0.156. The highest BCUT2D eigenvalue weighted by Crippen LogP contribution is 2.34.